The molecule has 0 bridgehead atoms. The lowest BCUT2D eigenvalue weighted by molar-refractivity contribution is -0.0492. The van der Waals surface area contributed by atoms with Gasteiger partial charge in [0.15, 0.2) is 0 Å². The number of aromatic nitrogens is 4. The van der Waals surface area contributed by atoms with E-state index in [0.717, 1.165) is 38.5 Å². The Morgan fingerprint density at radius 1 is 1.27 bits per heavy atom. The molecule has 2 fully saturated rings. The van der Waals surface area contributed by atoms with Crippen molar-refractivity contribution >= 4 is 5.78 Å². The van der Waals surface area contributed by atoms with Crippen molar-refractivity contribution in [2.45, 2.75) is 44.2 Å². The van der Waals surface area contributed by atoms with Crippen LogP contribution in [0.2, 0.25) is 0 Å². The lowest BCUT2D eigenvalue weighted by Gasteiger charge is -2.49. The minimum absolute atomic E-state index is 0.114. The molecule has 3 heterocycles. The number of hydrogen-bond donors (Lipinski definition) is 1. The molecule has 0 aromatic carbocycles. The predicted octanol–water partition coefficient (Wildman–Crippen LogP) is 0.884. The maximum Gasteiger partial charge on any atom is 0.274 e. The highest BCUT2D eigenvalue weighted by molar-refractivity contribution is 5.26. The van der Waals surface area contributed by atoms with Crippen molar-refractivity contribution in [3.8, 4) is 0 Å². The first kappa shape index (κ1) is 17.6. The van der Waals surface area contributed by atoms with E-state index in [4.69, 9.17) is 4.74 Å². The first-order valence-corrected chi connectivity index (χ1v) is 9.60. The molecular formula is C18H28N6O2. The number of aromatic amines is 1. The van der Waals surface area contributed by atoms with Crippen LogP contribution in [0.25, 0.3) is 5.78 Å². The van der Waals surface area contributed by atoms with Gasteiger partial charge in [-0.25, -0.2) is 9.97 Å². The van der Waals surface area contributed by atoms with Crippen molar-refractivity contribution in [1.82, 2.24) is 29.4 Å². The predicted molar refractivity (Wildman–Crippen MR) is 98.1 cm³/mol. The number of hydrogen-bond acceptors (Lipinski definition) is 6. The Labute approximate surface area is 153 Å². The molecule has 2 aliphatic rings. The van der Waals surface area contributed by atoms with E-state index < -0.39 is 0 Å². The number of ether oxygens (including phenoxy) is 1. The van der Waals surface area contributed by atoms with Crippen LogP contribution in [0.4, 0.5) is 0 Å². The van der Waals surface area contributed by atoms with E-state index in [1.54, 1.807) is 6.07 Å². The van der Waals surface area contributed by atoms with Crippen LogP contribution in [-0.4, -0.2) is 74.8 Å². The second kappa shape index (κ2) is 7.46. The minimum Gasteiger partial charge on any atom is -0.379 e. The smallest absolute Gasteiger partial charge is 0.274 e. The average Bonchev–Trinajstić information content (AvgIpc) is 3.12. The molecule has 2 aromatic heterocycles. The lowest BCUT2D eigenvalue weighted by atomic mass is 9.79. The number of nitrogens with zero attached hydrogens (tertiary/aromatic N) is 5. The summed E-state index contributed by atoms with van der Waals surface area (Å²) in [7, 11) is 2.13. The molecule has 142 valence electrons. The molecule has 26 heavy (non-hydrogen) atoms. The largest absolute Gasteiger partial charge is 0.379 e. The molecule has 8 heteroatoms. The van der Waals surface area contributed by atoms with Gasteiger partial charge in [-0.15, -0.1) is 0 Å². The van der Waals surface area contributed by atoms with Crippen molar-refractivity contribution in [2.75, 3.05) is 39.9 Å². The SMILES string of the molecule is CN(Cc1cc(=O)n2[nH]cnc2n1)CC1(N2CCOCC2)CCCCC1. The Kier molecular flexibility index (Phi) is 5.06. The second-order valence-corrected chi connectivity index (χ2v) is 7.67. The first-order valence-electron chi connectivity index (χ1n) is 9.60. The maximum atomic E-state index is 12.2. The third-order valence-electron chi connectivity index (χ3n) is 5.78. The van der Waals surface area contributed by atoms with Gasteiger partial charge >= 0.3 is 0 Å². The molecule has 1 N–H and O–H groups in total. The van der Waals surface area contributed by atoms with Gasteiger partial charge in [-0.2, -0.15) is 4.52 Å². The zero-order chi connectivity index (χ0) is 18.0. The summed E-state index contributed by atoms with van der Waals surface area (Å²) in [4.78, 5) is 25.7. The molecule has 4 rings (SSSR count). The van der Waals surface area contributed by atoms with E-state index in [1.165, 1.54) is 42.9 Å². The van der Waals surface area contributed by atoms with Crippen LogP contribution in [0.1, 0.15) is 37.8 Å². The van der Waals surface area contributed by atoms with E-state index in [-0.39, 0.29) is 11.1 Å². The van der Waals surface area contributed by atoms with Crippen LogP contribution in [-0.2, 0) is 11.3 Å². The summed E-state index contributed by atoms with van der Waals surface area (Å²) >= 11 is 0. The molecule has 0 atom stereocenters. The molecule has 0 radical (unpaired) electrons. The van der Waals surface area contributed by atoms with Gasteiger partial charge in [0.2, 0.25) is 0 Å². The molecule has 2 aromatic rings. The zero-order valence-electron chi connectivity index (χ0n) is 15.5. The lowest BCUT2D eigenvalue weighted by Crippen LogP contribution is -2.59. The number of morpholine rings is 1. The van der Waals surface area contributed by atoms with Gasteiger partial charge in [0.25, 0.3) is 11.3 Å². The highest BCUT2D eigenvalue weighted by Crippen LogP contribution is 2.35. The molecule has 1 saturated carbocycles. The second-order valence-electron chi connectivity index (χ2n) is 7.67. The van der Waals surface area contributed by atoms with Gasteiger partial charge in [-0.1, -0.05) is 19.3 Å². The van der Waals surface area contributed by atoms with E-state index in [0.29, 0.717) is 12.3 Å². The topological polar surface area (TPSA) is 78.8 Å². The Hall–Kier alpha value is -1.77. The number of nitrogens with one attached hydrogen (secondary N) is 1. The maximum absolute atomic E-state index is 12.2. The van der Waals surface area contributed by atoms with E-state index in [1.807, 2.05) is 0 Å². The molecule has 0 unspecified atom stereocenters. The number of fused-ring (bicyclic) bond motifs is 1. The van der Waals surface area contributed by atoms with Crippen LogP contribution in [0.3, 0.4) is 0 Å². The molecule has 1 aliphatic carbocycles. The Balaban J connectivity index is 1.50. The summed E-state index contributed by atoms with van der Waals surface area (Å²) in [5.41, 5.74) is 0.886. The van der Waals surface area contributed by atoms with Crippen LogP contribution in [0.5, 0.6) is 0 Å². The molecule has 8 nitrogen and oxygen atoms in total. The van der Waals surface area contributed by atoms with Crippen LogP contribution >= 0.6 is 0 Å². The summed E-state index contributed by atoms with van der Waals surface area (Å²) < 4.78 is 6.93. The van der Waals surface area contributed by atoms with Gasteiger partial charge in [-0.05, 0) is 19.9 Å². The van der Waals surface area contributed by atoms with E-state index in [2.05, 4.69) is 31.9 Å². The quantitative estimate of drug-likeness (QED) is 0.853. The summed E-state index contributed by atoms with van der Waals surface area (Å²) in [6.45, 7) is 5.36. The fourth-order valence-electron chi connectivity index (χ4n) is 4.61. The van der Waals surface area contributed by atoms with Gasteiger partial charge in [0, 0.05) is 37.8 Å². The van der Waals surface area contributed by atoms with E-state index >= 15 is 0 Å². The minimum atomic E-state index is -0.114. The summed E-state index contributed by atoms with van der Waals surface area (Å²) in [6, 6.07) is 1.60. The highest BCUT2D eigenvalue weighted by atomic mass is 16.5. The van der Waals surface area contributed by atoms with Crippen molar-refractivity contribution in [1.29, 1.82) is 0 Å². The van der Waals surface area contributed by atoms with Crippen LogP contribution in [0, 0.1) is 0 Å². The standard InChI is InChI=1S/C18H28N6O2/c1-22(12-15-11-16(25)24-17(21-15)19-14-20-24)13-18(5-3-2-4-6-18)23-7-9-26-10-8-23/h11,14H,2-10,12-13H2,1H3,(H,19,20,21). The number of rotatable bonds is 5. The number of H-pyrrole nitrogens is 1. The van der Waals surface area contributed by atoms with Crippen LogP contribution < -0.4 is 5.56 Å². The Morgan fingerprint density at radius 3 is 2.81 bits per heavy atom. The van der Waals surface area contributed by atoms with Gasteiger partial charge < -0.3 is 4.74 Å². The molecule has 0 spiro atoms. The Bertz CT molecular complexity index is 788. The first-order chi connectivity index (χ1) is 12.7. The molecule has 0 amide bonds. The molecule has 1 aliphatic heterocycles. The summed E-state index contributed by atoms with van der Waals surface area (Å²) in [6.07, 6.45) is 7.91. The van der Waals surface area contributed by atoms with E-state index in [9.17, 15) is 4.79 Å². The fraction of sp³-hybridized carbons (Fsp3) is 0.722. The van der Waals surface area contributed by atoms with Crippen molar-refractivity contribution < 1.29 is 4.74 Å². The third-order valence-corrected chi connectivity index (χ3v) is 5.78. The van der Waals surface area contributed by atoms with Crippen molar-refractivity contribution in [3.05, 3.63) is 28.4 Å². The Morgan fingerprint density at radius 2 is 2.04 bits per heavy atom. The third kappa shape index (κ3) is 3.54. The average molecular weight is 360 g/mol. The van der Waals surface area contributed by atoms with Crippen molar-refractivity contribution in [3.63, 3.8) is 0 Å². The van der Waals surface area contributed by atoms with Crippen molar-refractivity contribution in [2.24, 2.45) is 0 Å². The molecular weight excluding hydrogens is 332 g/mol. The van der Waals surface area contributed by atoms with Crippen LogP contribution in [0.15, 0.2) is 17.2 Å². The molecule has 1 saturated heterocycles. The summed E-state index contributed by atoms with van der Waals surface area (Å²) in [5.74, 6) is 0.432. The number of likely N-dealkylation sites (N-methyl/N-ethyl adjacent to an activating group) is 1. The van der Waals surface area contributed by atoms with Gasteiger partial charge in [-0.3, -0.25) is 19.7 Å². The normalized spacial score (nSPS) is 21.5. The zero-order valence-corrected chi connectivity index (χ0v) is 15.5. The highest BCUT2D eigenvalue weighted by Gasteiger charge is 2.39. The monoisotopic (exact) mass is 360 g/mol. The fourth-order valence-corrected chi connectivity index (χ4v) is 4.61. The summed E-state index contributed by atoms with van der Waals surface area (Å²) in [5, 5.41) is 2.78. The van der Waals surface area contributed by atoms with Gasteiger partial charge in [0.1, 0.15) is 6.33 Å². The van der Waals surface area contributed by atoms with Gasteiger partial charge in [0.05, 0.1) is 18.9 Å².